The number of fused-ring (bicyclic) bond motifs is 1. The Balaban J connectivity index is 1.46. The van der Waals surface area contributed by atoms with Gasteiger partial charge in [-0.1, -0.05) is 30.3 Å². The molecule has 0 spiro atoms. The standard InChI is InChI=1S/C22H19N6O2/c23-21-16-7-6-15(11-18(16)27-28-21)14-4-1-3-13(9-14)10-20(29)26-12-19-17(22(24)30)5-2-8-25-19/h1-11H,12H2,(H2,24,30)(H,26,29)(H3,23,27,28). The fourth-order valence-electron chi connectivity index (χ4n) is 3.20. The quantitative estimate of drug-likeness (QED) is 0.393. The fraction of sp³-hybridized carbons (Fsp3) is 0.0455. The van der Waals surface area contributed by atoms with Gasteiger partial charge in [0.2, 0.25) is 5.91 Å². The Morgan fingerprint density at radius 1 is 1.07 bits per heavy atom. The molecular formula is C22H19N6O2. The third-order valence-corrected chi connectivity index (χ3v) is 4.70. The number of hydrogen-bond donors (Lipinski definition) is 4. The van der Waals surface area contributed by atoms with Crippen molar-refractivity contribution in [3.05, 3.63) is 84.0 Å². The van der Waals surface area contributed by atoms with Crippen molar-refractivity contribution in [2.75, 3.05) is 5.73 Å². The monoisotopic (exact) mass is 399 g/mol. The van der Waals surface area contributed by atoms with E-state index in [0.717, 1.165) is 27.6 Å². The zero-order chi connectivity index (χ0) is 21.1. The van der Waals surface area contributed by atoms with Gasteiger partial charge >= 0.3 is 0 Å². The van der Waals surface area contributed by atoms with E-state index in [0.29, 0.717) is 11.5 Å². The van der Waals surface area contributed by atoms with Gasteiger partial charge in [0.15, 0.2) is 5.82 Å². The summed E-state index contributed by atoms with van der Waals surface area (Å²) in [4.78, 5) is 27.9. The Morgan fingerprint density at radius 2 is 1.90 bits per heavy atom. The average Bonchev–Trinajstić information content (AvgIpc) is 3.13. The Kier molecular flexibility index (Phi) is 5.13. The van der Waals surface area contributed by atoms with Gasteiger partial charge in [-0.3, -0.25) is 19.7 Å². The molecular weight excluding hydrogens is 380 g/mol. The Hall–Kier alpha value is -4.20. The number of nitrogens with zero attached hydrogens (tertiary/aromatic N) is 2. The number of amides is 2. The van der Waals surface area contributed by atoms with Crippen molar-refractivity contribution in [1.29, 1.82) is 0 Å². The van der Waals surface area contributed by atoms with E-state index in [1.54, 1.807) is 18.3 Å². The number of nitrogens with one attached hydrogen (secondary N) is 2. The summed E-state index contributed by atoms with van der Waals surface area (Å²) in [6.07, 6.45) is 3.04. The smallest absolute Gasteiger partial charge is 0.250 e. The van der Waals surface area contributed by atoms with E-state index in [-0.39, 0.29) is 18.0 Å². The van der Waals surface area contributed by atoms with Crippen molar-refractivity contribution in [2.24, 2.45) is 5.73 Å². The van der Waals surface area contributed by atoms with Crippen LogP contribution in [0.25, 0.3) is 22.0 Å². The lowest BCUT2D eigenvalue weighted by molar-refractivity contribution is -0.117. The molecule has 0 aliphatic carbocycles. The van der Waals surface area contributed by atoms with Crippen LogP contribution in [-0.2, 0) is 11.3 Å². The van der Waals surface area contributed by atoms with E-state index >= 15 is 0 Å². The van der Waals surface area contributed by atoms with Gasteiger partial charge in [0.1, 0.15) is 0 Å². The number of H-pyrrole nitrogens is 1. The lowest BCUT2D eigenvalue weighted by atomic mass is 10.0. The number of anilines is 1. The zero-order valence-electron chi connectivity index (χ0n) is 15.9. The lowest BCUT2D eigenvalue weighted by Gasteiger charge is -2.08. The highest BCUT2D eigenvalue weighted by atomic mass is 16.2. The van der Waals surface area contributed by atoms with E-state index in [4.69, 9.17) is 11.5 Å². The minimum Gasteiger partial charge on any atom is -0.382 e. The molecule has 0 bridgehead atoms. The molecule has 4 rings (SSSR count). The summed E-state index contributed by atoms with van der Waals surface area (Å²) in [5.41, 5.74) is 15.4. The second-order valence-corrected chi connectivity index (χ2v) is 6.72. The van der Waals surface area contributed by atoms with Crippen LogP contribution in [0, 0.1) is 6.42 Å². The molecule has 0 unspecified atom stereocenters. The second kappa shape index (κ2) is 8.04. The normalized spacial score (nSPS) is 10.8. The first-order chi connectivity index (χ1) is 14.5. The maximum absolute atomic E-state index is 12.4. The van der Waals surface area contributed by atoms with Gasteiger partial charge in [0, 0.05) is 11.6 Å². The molecule has 149 valence electrons. The van der Waals surface area contributed by atoms with Crippen LogP contribution < -0.4 is 16.8 Å². The molecule has 0 aliphatic rings. The van der Waals surface area contributed by atoms with E-state index in [1.165, 1.54) is 6.42 Å². The van der Waals surface area contributed by atoms with Crippen LogP contribution in [0.5, 0.6) is 0 Å². The SMILES string of the molecule is NC(=O)c1cccnc1CNC(=O)[CH]c1cccc(-c2ccc3c(N)n[nH]c3c2)c1. The van der Waals surface area contributed by atoms with Crippen LogP contribution in [0.3, 0.4) is 0 Å². The Labute approximate surface area is 172 Å². The summed E-state index contributed by atoms with van der Waals surface area (Å²) in [5, 5.41) is 10.5. The first-order valence-electron chi connectivity index (χ1n) is 9.21. The third kappa shape index (κ3) is 3.97. The molecule has 8 nitrogen and oxygen atoms in total. The van der Waals surface area contributed by atoms with Crippen molar-refractivity contribution < 1.29 is 9.59 Å². The number of carbonyl (C=O) groups excluding carboxylic acids is 2. The van der Waals surface area contributed by atoms with Crippen LogP contribution in [0.1, 0.15) is 21.6 Å². The predicted molar refractivity (Wildman–Crippen MR) is 114 cm³/mol. The third-order valence-electron chi connectivity index (χ3n) is 4.70. The number of carbonyl (C=O) groups is 2. The predicted octanol–water partition coefficient (Wildman–Crippen LogP) is 2.17. The Bertz CT molecular complexity index is 1250. The van der Waals surface area contributed by atoms with Gasteiger partial charge in [-0.25, -0.2) is 0 Å². The molecule has 2 heterocycles. The molecule has 6 N–H and O–H groups in total. The Morgan fingerprint density at radius 3 is 2.73 bits per heavy atom. The van der Waals surface area contributed by atoms with Crippen LogP contribution in [0.2, 0.25) is 0 Å². The summed E-state index contributed by atoms with van der Waals surface area (Å²) in [6, 6.07) is 16.6. The minimum atomic E-state index is -0.583. The molecule has 0 saturated heterocycles. The molecule has 0 fully saturated rings. The summed E-state index contributed by atoms with van der Waals surface area (Å²) < 4.78 is 0. The summed E-state index contributed by atoms with van der Waals surface area (Å²) in [5.74, 6) is -0.423. The van der Waals surface area contributed by atoms with Gasteiger partial charge in [-0.05, 0) is 41.0 Å². The fourth-order valence-corrected chi connectivity index (χ4v) is 3.20. The van der Waals surface area contributed by atoms with E-state index < -0.39 is 5.91 Å². The summed E-state index contributed by atoms with van der Waals surface area (Å²) in [7, 11) is 0. The van der Waals surface area contributed by atoms with Crippen molar-refractivity contribution in [2.45, 2.75) is 6.54 Å². The van der Waals surface area contributed by atoms with Gasteiger partial charge in [0.25, 0.3) is 5.91 Å². The number of aromatic amines is 1. The maximum Gasteiger partial charge on any atom is 0.250 e. The summed E-state index contributed by atoms with van der Waals surface area (Å²) >= 11 is 0. The molecule has 1 radical (unpaired) electrons. The highest BCUT2D eigenvalue weighted by Crippen LogP contribution is 2.26. The van der Waals surface area contributed by atoms with Gasteiger partial charge < -0.3 is 16.8 Å². The van der Waals surface area contributed by atoms with Crippen molar-refractivity contribution in [3.63, 3.8) is 0 Å². The van der Waals surface area contributed by atoms with E-state index in [1.807, 2.05) is 42.5 Å². The molecule has 2 aromatic carbocycles. The lowest BCUT2D eigenvalue weighted by Crippen LogP contribution is -2.26. The molecule has 8 heteroatoms. The number of nitrogens with two attached hydrogens (primary N) is 2. The highest BCUT2D eigenvalue weighted by molar-refractivity contribution is 5.94. The first-order valence-corrected chi connectivity index (χ1v) is 9.21. The topological polar surface area (TPSA) is 140 Å². The molecule has 30 heavy (non-hydrogen) atoms. The number of pyridine rings is 1. The molecule has 4 aromatic rings. The highest BCUT2D eigenvalue weighted by Gasteiger charge is 2.11. The van der Waals surface area contributed by atoms with Gasteiger partial charge in [-0.15, -0.1) is 0 Å². The van der Waals surface area contributed by atoms with Crippen LogP contribution in [-0.4, -0.2) is 27.0 Å². The number of nitrogen functional groups attached to an aromatic ring is 1. The average molecular weight is 399 g/mol. The number of hydrogen-bond acceptors (Lipinski definition) is 5. The van der Waals surface area contributed by atoms with Gasteiger partial charge in [0.05, 0.1) is 29.7 Å². The van der Waals surface area contributed by atoms with Crippen molar-refractivity contribution in [3.8, 4) is 11.1 Å². The molecule has 2 amide bonds. The van der Waals surface area contributed by atoms with Crippen LogP contribution in [0.4, 0.5) is 5.82 Å². The largest absolute Gasteiger partial charge is 0.382 e. The minimum absolute atomic E-state index is 0.103. The van der Waals surface area contributed by atoms with Crippen molar-refractivity contribution in [1.82, 2.24) is 20.5 Å². The molecule has 2 aromatic heterocycles. The van der Waals surface area contributed by atoms with E-state index in [2.05, 4.69) is 20.5 Å². The van der Waals surface area contributed by atoms with E-state index in [9.17, 15) is 9.59 Å². The number of rotatable bonds is 6. The molecule has 0 saturated carbocycles. The first kappa shape index (κ1) is 19.1. The number of primary amides is 1. The number of benzene rings is 2. The number of aromatic nitrogens is 3. The zero-order valence-corrected chi connectivity index (χ0v) is 15.9. The van der Waals surface area contributed by atoms with Crippen molar-refractivity contribution >= 4 is 28.5 Å². The van der Waals surface area contributed by atoms with Crippen LogP contribution >= 0.6 is 0 Å². The molecule has 0 atom stereocenters. The maximum atomic E-state index is 12.4. The summed E-state index contributed by atoms with van der Waals surface area (Å²) in [6.45, 7) is 0.103. The second-order valence-electron chi connectivity index (χ2n) is 6.72. The van der Waals surface area contributed by atoms with Gasteiger partial charge in [-0.2, -0.15) is 5.10 Å². The molecule has 0 aliphatic heterocycles. The van der Waals surface area contributed by atoms with Crippen LogP contribution in [0.15, 0.2) is 60.8 Å².